The lowest BCUT2D eigenvalue weighted by Crippen LogP contribution is -2.42. The molecular formula is C17H29N5O3. The van der Waals surface area contributed by atoms with Crippen LogP contribution in [0.4, 0.5) is 4.79 Å². The van der Waals surface area contributed by atoms with Crippen LogP contribution in [0.15, 0.2) is 23.2 Å². The summed E-state index contributed by atoms with van der Waals surface area (Å²) in [5.74, 6) is 1.21. The van der Waals surface area contributed by atoms with Crippen LogP contribution in [0.2, 0.25) is 0 Å². The summed E-state index contributed by atoms with van der Waals surface area (Å²) in [5, 5.41) is 8.98. The second-order valence-electron chi connectivity index (χ2n) is 6.22. The molecule has 8 heteroatoms. The van der Waals surface area contributed by atoms with Gasteiger partial charge in [-0.25, -0.2) is 14.8 Å². The number of rotatable bonds is 7. The molecule has 1 aromatic heterocycles. The van der Waals surface area contributed by atoms with E-state index in [0.717, 1.165) is 12.2 Å². The van der Waals surface area contributed by atoms with E-state index in [1.165, 1.54) is 0 Å². The van der Waals surface area contributed by atoms with Crippen molar-refractivity contribution in [2.75, 3.05) is 26.7 Å². The Morgan fingerprint density at radius 2 is 1.92 bits per heavy atom. The van der Waals surface area contributed by atoms with Crippen LogP contribution in [0.25, 0.3) is 0 Å². The third-order valence-electron chi connectivity index (χ3n) is 2.82. The highest BCUT2D eigenvalue weighted by molar-refractivity contribution is 5.79. The molecule has 0 saturated carbocycles. The van der Waals surface area contributed by atoms with Crippen molar-refractivity contribution in [3.63, 3.8) is 0 Å². The fourth-order valence-corrected chi connectivity index (χ4v) is 1.82. The molecule has 1 amide bonds. The Bertz CT molecular complexity index is 570. The van der Waals surface area contributed by atoms with Crippen molar-refractivity contribution in [1.29, 1.82) is 0 Å². The van der Waals surface area contributed by atoms with Gasteiger partial charge in [0.05, 0.1) is 19.3 Å². The summed E-state index contributed by atoms with van der Waals surface area (Å²) in [4.78, 5) is 20.4. The number of hydrogen-bond acceptors (Lipinski definition) is 5. The van der Waals surface area contributed by atoms with Crippen molar-refractivity contribution in [3.05, 3.63) is 23.9 Å². The molecule has 140 valence electrons. The van der Waals surface area contributed by atoms with E-state index in [1.54, 1.807) is 13.2 Å². The van der Waals surface area contributed by atoms with E-state index in [1.807, 2.05) is 39.8 Å². The summed E-state index contributed by atoms with van der Waals surface area (Å²) in [5.41, 5.74) is 0.306. The lowest BCUT2D eigenvalue weighted by molar-refractivity contribution is 0.0529. The van der Waals surface area contributed by atoms with Crippen LogP contribution in [-0.2, 0) is 11.3 Å². The minimum Gasteiger partial charge on any atom is -0.481 e. The summed E-state index contributed by atoms with van der Waals surface area (Å²) in [6, 6.07) is 5.56. The van der Waals surface area contributed by atoms with E-state index in [4.69, 9.17) is 9.47 Å². The van der Waals surface area contributed by atoms with E-state index in [2.05, 4.69) is 25.9 Å². The molecule has 25 heavy (non-hydrogen) atoms. The second-order valence-corrected chi connectivity index (χ2v) is 6.22. The maximum absolute atomic E-state index is 11.6. The molecule has 1 heterocycles. The first kappa shape index (κ1) is 20.5. The van der Waals surface area contributed by atoms with Crippen LogP contribution in [0.1, 0.15) is 33.4 Å². The Morgan fingerprint density at radius 1 is 1.20 bits per heavy atom. The van der Waals surface area contributed by atoms with Gasteiger partial charge in [0.15, 0.2) is 5.96 Å². The number of amides is 1. The third kappa shape index (κ3) is 9.39. The molecule has 0 fully saturated rings. The zero-order valence-corrected chi connectivity index (χ0v) is 15.7. The maximum atomic E-state index is 11.6. The number of nitrogens with one attached hydrogen (secondary N) is 3. The van der Waals surface area contributed by atoms with Crippen LogP contribution >= 0.6 is 0 Å². The molecule has 0 aromatic carbocycles. The Hall–Kier alpha value is -2.51. The van der Waals surface area contributed by atoms with E-state index in [9.17, 15) is 4.79 Å². The fourth-order valence-electron chi connectivity index (χ4n) is 1.82. The second kappa shape index (κ2) is 10.4. The molecule has 0 radical (unpaired) electrons. The number of nitrogens with zero attached hydrogens (tertiary/aromatic N) is 2. The molecule has 0 spiro atoms. The number of hydrogen-bond donors (Lipinski definition) is 3. The van der Waals surface area contributed by atoms with Gasteiger partial charge in [-0.2, -0.15) is 0 Å². The average Bonchev–Trinajstić information content (AvgIpc) is 2.55. The Morgan fingerprint density at radius 3 is 2.56 bits per heavy atom. The summed E-state index contributed by atoms with van der Waals surface area (Å²) in [6.07, 6.45) is -0.433. The number of methoxy groups -OCH3 is 1. The number of pyridine rings is 1. The zero-order valence-electron chi connectivity index (χ0n) is 15.7. The Labute approximate surface area is 149 Å². The van der Waals surface area contributed by atoms with Gasteiger partial charge in [-0.3, -0.25) is 0 Å². The minimum atomic E-state index is -0.502. The van der Waals surface area contributed by atoms with Gasteiger partial charge < -0.3 is 25.4 Å². The van der Waals surface area contributed by atoms with Crippen LogP contribution in [0.3, 0.4) is 0 Å². The highest BCUT2D eigenvalue weighted by atomic mass is 16.6. The summed E-state index contributed by atoms with van der Waals surface area (Å²) < 4.78 is 10.3. The minimum absolute atomic E-state index is 0.423. The van der Waals surface area contributed by atoms with Crippen molar-refractivity contribution in [2.24, 2.45) is 4.99 Å². The SMILES string of the molecule is CCNC(=NCc1cccc(OC)n1)NCCNC(=O)OC(C)(C)C. The smallest absolute Gasteiger partial charge is 0.407 e. The van der Waals surface area contributed by atoms with Gasteiger partial charge in [0.2, 0.25) is 5.88 Å². The normalized spacial score (nSPS) is 11.6. The molecule has 1 aromatic rings. The average molecular weight is 351 g/mol. The van der Waals surface area contributed by atoms with Crippen molar-refractivity contribution in [3.8, 4) is 5.88 Å². The van der Waals surface area contributed by atoms with Gasteiger partial charge in [0.1, 0.15) is 5.60 Å². The molecule has 0 aliphatic heterocycles. The molecule has 0 atom stereocenters. The molecule has 0 saturated heterocycles. The first-order chi connectivity index (χ1) is 11.8. The molecular weight excluding hydrogens is 322 g/mol. The number of guanidine groups is 1. The standard InChI is InChI=1S/C17H29N5O3/c1-6-18-15(19-10-11-20-16(23)25-17(2,3)4)21-12-13-8-7-9-14(22-13)24-5/h7-9H,6,10-12H2,1-5H3,(H,20,23)(H2,18,19,21). The predicted molar refractivity (Wildman–Crippen MR) is 97.8 cm³/mol. The Kier molecular flexibility index (Phi) is 8.52. The van der Waals surface area contributed by atoms with E-state index < -0.39 is 11.7 Å². The van der Waals surface area contributed by atoms with Gasteiger partial charge in [-0.1, -0.05) is 6.07 Å². The van der Waals surface area contributed by atoms with E-state index in [-0.39, 0.29) is 0 Å². The van der Waals surface area contributed by atoms with Gasteiger partial charge in [-0.05, 0) is 33.8 Å². The number of carbonyl (C=O) groups is 1. The van der Waals surface area contributed by atoms with Crippen molar-refractivity contribution in [1.82, 2.24) is 20.9 Å². The first-order valence-corrected chi connectivity index (χ1v) is 8.33. The molecule has 0 aliphatic rings. The highest BCUT2D eigenvalue weighted by Crippen LogP contribution is 2.07. The predicted octanol–water partition coefficient (Wildman–Crippen LogP) is 1.67. The summed E-state index contributed by atoms with van der Waals surface area (Å²) >= 11 is 0. The quantitative estimate of drug-likeness (QED) is 0.393. The monoisotopic (exact) mass is 351 g/mol. The molecule has 3 N–H and O–H groups in total. The Balaban J connectivity index is 2.44. The van der Waals surface area contributed by atoms with Crippen molar-refractivity contribution >= 4 is 12.1 Å². The van der Waals surface area contributed by atoms with Gasteiger partial charge in [0, 0.05) is 25.7 Å². The molecule has 1 rings (SSSR count). The molecule has 0 bridgehead atoms. The van der Waals surface area contributed by atoms with Crippen LogP contribution in [-0.4, -0.2) is 49.4 Å². The van der Waals surface area contributed by atoms with Crippen molar-refractivity contribution in [2.45, 2.75) is 39.8 Å². The molecule has 0 aliphatic carbocycles. The first-order valence-electron chi connectivity index (χ1n) is 8.33. The summed E-state index contributed by atoms with van der Waals surface area (Å²) in [6.45, 7) is 9.57. The van der Waals surface area contributed by atoms with Crippen LogP contribution in [0, 0.1) is 0 Å². The van der Waals surface area contributed by atoms with Gasteiger partial charge in [0.25, 0.3) is 0 Å². The number of carbonyl (C=O) groups excluding carboxylic acids is 1. The summed E-state index contributed by atoms with van der Waals surface area (Å²) in [7, 11) is 1.58. The lowest BCUT2D eigenvalue weighted by Gasteiger charge is -2.19. The van der Waals surface area contributed by atoms with Crippen LogP contribution < -0.4 is 20.7 Å². The highest BCUT2D eigenvalue weighted by Gasteiger charge is 2.15. The number of alkyl carbamates (subject to hydrolysis) is 1. The number of aliphatic imine (C=N–C) groups is 1. The topological polar surface area (TPSA) is 96.9 Å². The lowest BCUT2D eigenvalue weighted by atomic mass is 10.2. The third-order valence-corrected chi connectivity index (χ3v) is 2.82. The van der Waals surface area contributed by atoms with E-state index >= 15 is 0 Å². The molecule has 8 nitrogen and oxygen atoms in total. The zero-order chi connectivity index (χ0) is 18.7. The van der Waals surface area contributed by atoms with Gasteiger partial charge in [-0.15, -0.1) is 0 Å². The van der Waals surface area contributed by atoms with Crippen molar-refractivity contribution < 1.29 is 14.3 Å². The molecule has 0 unspecified atom stereocenters. The number of ether oxygens (including phenoxy) is 2. The van der Waals surface area contributed by atoms with Gasteiger partial charge >= 0.3 is 6.09 Å². The van der Waals surface area contributed by atoms with Crippen LogP contribution in [0.5, 0.6) is 5.88 Å². The largest absolute Gasteiger partial charge is 0.481 e. The maximum Gasteiger partial charge on any atom is 0.407 e. The number of aromatic nitrogens is 1. The van der Waals surface area contributed by atoms with E-state index in [0.29, 0.717) is 31.5 Å². The fraction of sp³-hybridized carbons (Fsp3) is 0.588.